The van der Waals surface area contributed by atoms with Crippen molar-refractivity contribution in [1.82, 2.24) is 0 Å². The first kappa shape index (κ1) is 29.6. The van der Waals surface area contributed by atoms with E-state index in [9.17, 15) is 20.2 Å². The van der Waals surface area contributed by atoms with Crippen LogP contribution in [0.5, 0.6) is 11.5 Å². The zero-order valence-corrected chi connectivity index (χ0v) is 24.2. The number of nitriles is 1. The molecule has 0 aliphatic carbocycles. The fourth-order valence-electron chi connectivity index (χ4n) is 3.59. The number of halogens is 3. The molecule has 0 heterocycles. The molecule has 11 heteroatoms. The SMILES string of the molecule is N#C/C(=C\c1ccc(OCc2cccc([N+](=O)[O-])c2)c(Br)c1)C(=O)Nc1ccc(OCc2ccc(Cl)cc2Cl)cc1. The lowest BCUT2D eigenvalue weighted by atomic mass is 10.1. The van der Waals surface area contributed by atoms with Crippen LogP contribution >= 0.6 is 39.1 Å². The van der Waals surface area contributed by atoms with Crippen LogP contribution in [-0.4, -0.2) is 10.8 Å². The molecule has 0 spiro atoms. The van der Waals surface area contributed by atoms with Crippen molar-refractivity contribution in [2.75, 3.05) is 5.32 Å². The highest BCUT2D eigenvalue weighted by atomic mass is 79.9. The molecule has 1 amide bonds. The fraction of sp³-hybridized carbons (Fsp3) is 0.0667. The molecule has 0 unspecified atom stereocenters. The number of rotatable bonds is 10. The number of anilines is 1. The third-order valence-corrected chi connectivity index (χ3v) is 6.88. The third kappa shape index (κ3) is 8.32. The second-order valence-corrected chi connectivity index (χ2v) is 10.3. The topological polar surface area (TPSA) is 114 Å². The average molecular weight is 653 g/mol. The van der Waals surface area contributed by atoms with Crippen LogP contribution in [0.4, 0.5) is 11.4 Å². The zero-order chi connectivity index (χ0) is 29.4. The van der Waals surface area contributed by atoms with Crippen molar-refractivity contribution in [1.29, 1.82) is 5.26 Å². The number of hydrogen-bond acceptors (Lipinski definition) is 6. The number of amides is 1. The number of nitro groups is 1. The van der Waals surface area contributed by atoms with E-state index in [1.54, 1.807) is 72.8 Å². The minimum Gasteiger partial charge on any atom is -0.489 e. The highest BCUT2D eigenvalue weighted by Gasteiger charge is 2.12. The Kier molecular flexibility index (Phi) is 9.98. The first-order valence-corrected chi connectivity index (χ1v) is 13.5. The molecular weight excluding hydrogens is 633 g/mol. The lowest BCUT2D eigenvalue weighted by Gasteiger charge is -2.10. The molecule has 41 heavy (non-hydrogen) atoms. The smallest absolute Gasteiger partial charge is 0.269 e. The van der Waals surface area contributed by atoms with Gasteiger partial charge in [-0.3, -0.25) is 14.9 Å². The van der Waals surface area contributed by atoms with Crippen molar-refractivity contribution < 1.29 is 19.2 Å². The highest BCUT2D eigenvalue weighted by molar-refractivity contribution is 9.10. The van der Waals surface area contributed by atoms with Crippen molar-refractivity contribution in [3.05, 3.63) is 132 Å². The van der Waals surface area contributed by atoms with Crippen LogP contribution in [0.2, 0.25) is 10.0 Å². The predicted octanol–water partition coefficient (Wildman–Crippen LogP) is 8.37. The lowest BCUT2D eigenvalue weighted by Crippen LogP contribution is -2.13. The Labute approximate surface area is 254 Å². The van der Waals surface area contributed by atoms with E-state index in [2.05, 4.69) is 21.2 Å². The Morgan fingerprint density at radius 1 is 1.00 bits per heavy atom. The summed E-state index contributed by atoms with van der Waals surface area (Å²) in [6.07, 6.45) is 1.46. The number of nitro benzene ring substituents is 1. The molecule has 0 bridgehead atoms. The van der Waals surface area contributed by atoms with Gasteiger partial charge in [0.15, 0.2) is 0 Å². The van der Waals surface area contributed by atoms with Gasteiger partial charge in [-0.05, 0) is 81.7 Å². The molecule has 0 radical (unpaired) electrons. The Balaban J connectivity index is 1.35. The van der Waals surface area contributed by atoms with Crippen molar-refractivity contribution in [2.24, 2.45) is 0 Å². The summed E-state index contributed by atoms with van der Waals surface area (Å²) in [6.45, 7) is 0.372. The molecule has 4 aromatic rings. The Bertz CT molecular complexity index is 1670. The van der Waals surface area contributed by atoms with Gasteiger partial charge < -0.3 is 14.8 Å². The summed E-state index contributed by atoms with van der Waals surface area (Å²) in [5, 5.41) is 24.3. The Morgan fingerprint density at radius 2 is 1.78 bits per heavy atom. The molecule has 0 aliphatic rings. The molecule has 0 saturated heterocycles. The minimum absolute atomic E-state index is 0.0169. The van der Waals surface area contributed by atoms with Crippen LogP contribution < -0.4 is 14.8 Å². The van der Waals surface area contributed by atoms with Crippen LogP contribution in [0, 0.1) is 21.4 Å². The maximum Gasteiger partial charge on any atom is 0.269 e. The quantitative estimate of drug-likeness (QED) is 0.0797. The first-order valence-electron chi connectivity index (χ1n) is 12.0. The number of hydrogen-bond donors (Lipinski definition) is 1. The molecule has 1 N–H and O–H groups in total. The summed E-state index contributed by atoms with van der Waals surface area (Å²) in [5.41, 5.74) is 2.39. The largest absolute Gasteiger partial charge is 0.489 e. The Hall–Kier alpha value is -4.36. The van der Waals surface area contributed by atoms with E-state index in [0.29, 0.717) is 42.8 Å². The zero-order valence-electron chi connectivity index (χ0n) is 21.1. The van der Waals surface area contributed by atoms with Crippen LogP contribution in [0.15, 0.2) is 95.0 Å². The normalized spacial score (nSPS) is 10.9. The van der Waals surface area contributed by atoms with Crippen molar-refractivity contribution >= 4 is 62.5 Å². The van der Waals surface area contributed by atoms with E-state index in [0.717, 1.165) is 5.56 Å². The number of non-ortho nitro benzene ring substituents is 1. The van der Waals surface area contributed by atoms with Gasteiger partial charge in [0.1, 0.15) is 36.4 Å². The van der Waals surface area contributed by atoms with E-state index in [1.807, 2.05) is 6.07 Å². The average Bonchev–Trinajstić information content (AvgIpc) is 2.96. The number of ether oxygens (including phenoxy) is 2. The van der Waals surface area contributed by atoms with Crippen LogP contribution in [0.25, 0.3) is 6.08 Å². The summed E-state index contributed by atoms with van der Waals surface area (Å²) in [7, 11) is 0. The summed E-state index contributed by atoms with van der Waals surface area (Å²) >= 11 is 15.5. The third-order valence-electron chi connectivity index (χ3n) is 5.67. The fourth-order valence-corrected chi connectivity index (χ4v) is 4.57. The van der Waals surface area contributed by atoms with Crippen molar-refractivity contribution in [2.45, 2.75) is 13.2 Å². The van der Waals surface area contributed by atoms with Gasteiger partial charge in [-0.2, -0.15) is 5.26 Å². The van der Waals surface area contributed by atoms with E-state index < -0.39 is 10.8 Å². The predicted molar refractivity (Wildman–Crippen MR) is 161 cm³/mol. The molecule has 4 aromatic carbocycles. The molecule has 0 aliphatic heterocycles. The monoisotopic (exact) mass is 651 g/mol. The highest BCUT2D eigenvalue weighted by Crippen LogP contribution is 2.29. The number of nitrogens with one attached hydrogen (secondary N) is 1. The summed E-state index contributed by atoms with van der Waals surface area (Å²) in [5.74, 6) is 0.496. The second-order valence-electron chi connectivity index (χ2n) is 8.58. The minimum atomic E-state index is -0.573. The van der Waals surface area contributed by atoms with Gasteiger partial charge in [0.2, 0.25) is 0 Å². The number of carbonyl (C=O) groups is 1. The molecule has 0 atom stereocenters. The summed E-state index contributed by atoms with van der Waals surface area (Å²) in [4.78, 5) is 23.3. The first-order chi connectivity index (χ1) is 19.7. The maximum absolute atomic E-state index is 12.8. The molecule has 0 aromatic heterocycles. The van der Waals surface area contributed by atoms with Gasteiger partial charge in [0, 0.05) is 33.4 Å². The van der Waals surface area contributed by atoms with Gasteiger partial charge in [-0.25, -0.2) is 0 Å². The molecule has 4 rings (SSSR count). The van der Waals surface area contributed by atoms with Crippen molar-refractivity contribution in [3.63, 3.8) is 0 Å². The molecular formula is C30H20BrCl2N3O5. The summed E-state index contributed by atoms with van der Waals surface area (Å²) < 4.78 is 12.1. The number of benzene rings is 4. The second kappa shape index (κ2) is 13.8. The maximum atomic E-state index is 12.8. The van der Waals surface area contributed by atoms with Crippen LogP contribution in [-0.2, 0) is 18.0 Å². The van der Waals surface area contributed by atoms with Gasteiger partial charge in [0.05, 0.1) is 9.40 Å². The van der Waals surface area contributed by atoms with Gasteiger partial charge in [-0.15, -0.1) is 0 Å². The van der Waals surface area contributed by atoms with Crippen molar-refractivity contribution in [3.8, 4) is 17.6 Å². The van der Waals surface area contributed by atoms with Gasteiger partial charge in [-0.1, -0.05) is 47.5 Å². The number of carbonyl (C=O) groups excluding carboxylic acids is 1. The van der Waals surface area contributed by atoms with E-state index in [-0.39, 0.29) is 24.5 Å². The van der Waals surface area contributed by atoms with Gasteiger partial charge >= 0.3 is 0 Å². The standard InChI is InChI=1S/C30H20BrCl2N3O5/c31-27-14-19(4-11-29(27)41-17-20-2-1-3-25(13-20)36(38)39)12-22(16-34)30(37)35-24-7-9-26(10-8-24)40-18-21-5-6-23(32)15-28(21)33/h1-15H,17-18H2,(H,35,37)/b22-12+. The summed E-state index contributed by atoms with van der Waals surface area (Å²) in [6, 6.07) is 25.0. The molecule has 0 saturated carbocycles. The lowest BCUT2D eigenvalue weighted by molar-refractivity contribution is -0.384. The van der Waals surface area contributed by atoms with Crippen LogP contribution in [0.3, 0.4) is 0 Å². The Morgan fingerprint density at radius 3 is 2.46 bits per heavy atom. The molecule has 0 fully saturated rings. The van der Waals surface area contributed by atoms with E-state index in [4.69, 9.17) is 32.7 Å². The number of nitrogens with zero attached hydrogens (tertiary/aromatic N) is 2. The van der Waals surface area contributed by atoms with E-state index in [1.165, 1.54) is 18.2 Å². The van der Waals surface area contributed by atoms with E-state index >= 15 is 0 Å². The molecule has 8 nitrogen and oxygen atoms in total. The molecule has 206 valence electrons. The van der Waals surface area contributed by atoms with Crippen LogP contribution in [0.1, 0.15) is 16.7 Å². The van der Waals surface area contributed by atoms with Gasteiger partial charge in [0.25, 0.3) is 11.6 Å².